The predicted octanol–water partition coefficient (Wildman–Crippen LogP) is 1.35. The highest BCUT2D eigenvalue weighted by atomic mass is 16.6. The molecule has 0 aromatic carbocycles. The summed E-state index contributed by atoms with van der Waals surface area (Å²) >= 11 is 0. The molecule has 0 saturated carbocycles. The summed E-state index contributed by atoms with van der Waals surface area (Å²) in [5, 5.41) is 0. The van der Waals surface area contributed by atoms with E-state index in [2.05, 4.69) is 16.7 Å². The highest BCUT2D eigenvalue weighted by Crippen LogP contribution is 2.17. The Hall–Kier alpha value is -1.14. The number of carbonyl (C=O) groups excluding carboxylic acids is 2. The number of piperazine rings is 1. The van der Waals surface area contributed by atoms with E-state index in [9.17, 15) is 9.59 Å². The molecule has 6 nitrogen and oxygen atoms in total. The molecule has 1 atom stereocenters. The zero-order valence-corrected chi connectivity index (χ0v) is 15.7. The average Bonchev–Trinajstić information content (AvgIpc) is 2.47. The molecule has 2 heterocycles. The first-order valence-electron chi connectivity index (χ1n) is 9.20. The summed E-state index contributed by atoms with van der Waals surface area (Å²) in [5.74, 6) is 0.0805. The maximum atomic E-state index is 12.5. The van der Waals surface area contributed by atoms with E-state index in [4.69, 9.17) is 4.74 Å². The van der Waals surface area contributed by atoms with Crippen LogP contribution in [0.3, 0.4) is 0 Å². The summed E-state index contributed by atoms with van der Waals surface area (Å²) < 4.78 is 5.37. The van der Waals surface area contributed by atoms with Crippen LogP contribution in [0.2, 0.25) is 0 Å². The fraction of sp³-hybridized carbons (Fsp3) is 0.889. The van der Waals surface area contributed by atoms with Crippen LogP contribution in [0, 0.1) is 0 Å². The molecule has 0 aromatic heterocycles. The number of hydrogen-bond acceptors (Lipinski definition) is 5. The van der Waals surface area contributed by atoms with Crippen LogP contribution in [-0.2, 0) is 14.3 Å². The van der Waals surface area contributed by atoms with Crippen LogP contribution in [0.15, 0.2) is 0 Å². The second-order valence-electron chi connectivity index (χ2n) is 8.07. The Labute approximate surface area is 146 Å². The molecule has 138 valence electrons. The van der Waals surface area contributed by atoms with E-state index in [1.54, 1.807) is 0 Å². The Balaban J connectivity index is 1.70. The summed E-state index contributed by atoms with van der Waals surface area (Å²) in [6.07, 6.45) is 3.48. The largest absolute Gasteiger partial charge is 0.459 e. The minimum Gasteiger partial charge on any atom is -0.459 e. The lowest BCUT2D eigenvalue weighted by molar-refractivity contribution is -0.156. The van der Waals surface area contributed by atoms with Gasteiger partial charge in [0.05, 0.1) is 13.1 Å². The van der Waals surface area contributed by atoms with Gasteiger partial charge in [-0.15, -0.1) is 0 Å². The van der Waals surface area contributed by atoms with Gasteiger partial charge in [0.15, 0.2) is 0 Å². The molecule has 2 aliphatic rings. The fourth-order valence-corrected chi connectivity index (χ4v) is 3.41. The number of ether oxygens (including phenoxy) is 1. The monoisotopic (exact) mass is 339 g/mol. The van der Waals surface area contributed by atoms with Crippen LogP contribution in [-0.4, -0.2) is 84.0 Å². The van der Waals surface area contributed by atoms with Gasteiger partial charge in [0.25, 0.3) is 0 Å². The summed E-state index contributed by atoms with van der Waals surface area (Å²) in [4.78, 5) is 30.7. The normalized spacial score (nSPS) is 24.0. The van der Waals surface area contributed by atoms with Crippen molar-refractivity contribution in [3.8, 4) is 0 Å². The Kier molecular flexibility index (Phi) is 6.63. The summed E-state index contributed by atoms with van der Waals surface area (Å²) in [6, 6.07) is 0.375. The van der Waals surface area contributed by atoms with E-state index >= 15 is 0 Å². The molecule has 0 radical (unpaired) electrons. The molecule has 0 N–H and O–H groups in total. The Morgan fingerprint density at radius 1 is 0.958 bits per heavy atom. The summed E-state index contributed by atoms with van der Waals surface area (Å²) in [7, 11) is 0. The van der Waals surface area contributed by atoms with Gasteiger partial charge in [0, 0.05) is 38.8 Å². The van der Waals surface area contributed by atoms with Crippen molar-refractivity contribution >= 4 is 11.9 Å². The molecular weight excluding hydrogens is 306 g/mol. The number of rotatable bonds is 4. The number of likely N-dealkylation sites (tertiary alicyclic amines) is 1. The van der Waals surface area contributed by atoms with Gasteiger partial charge in [-0.3, -0.25) is 19.4 Å². The van der Waals surface area contributed by atoms with Crippen molar-refractivity contribution in [1.29, 1.82) is 0 Å². The molecule has 0 spiro atoms. The van der Waals surface area contributed by atoms with Gasteiger partial charge in [-0.1, -0.05) is 0 Å². The molecule has 0 bridgehead atoms. The van der Waals surface area contributed by atoms with Crippen LogP contribution in [0.1, 0.15) is 47.0 Å². The molecule has 0 aliphatic carbocycles. The van der Waals surface area contributed by atoms with E-state index in [0.717, 1.165) is 45.6 Å². The SMILES string of the molecule is CC1CCCCN1C(=O)CN1CCN(CC(=O)OC(C)(C)C)CC1. The van der Waals surface area contributed by atoms with Gasteiger partial charge >= 0.3 is 5.97 Å². The first-order chi connectivity index (χ1) is 11.2. The van der Waals surface area contributed by atoms with E-state index < -0.39 is 5.60 Å². The standard InChI is InChI=1S/C18H33N3O3/c1-15-7-5-6-8-21(15)16(22)13-19-9-11-20(12-10-19)14-17(23)24-18(2,3)4/h15H,5-14H2,1-4H3. The highest BCUT2D eigenvalue weighted by molar-refractivity contribution is 5.78. The quantitative estimate of drug-likeness (QED) is 0.724. The number of amides is 1. The lowest BCUT2D eigenvalue weighted by atomic mass is 10.0. The minimum absolute atomic E-state index is 0.172. The molecule has 2 saturated heterocycles. The zero-order valence-electron chi connectivity index (χ0n) is 15.7. The Morgan fingerprint density at radius 3 is 2.08 bits per heavy atom. The van der Waals surface area contributed by atoms with Gasteiger partial charge < -0.3 is 9.64 Å². The maximum absolute atomic E-state index is 12.5. The average molecular weight is 339 g/mol. The molecule has 2 rings (SSSR count). The zero-order chi connectivity index (χ0) is 17.7. The maximum Gasteiger partial charge on any atom is 0.320 e. The molecule has 1 unspecified atom stereocenters. The van der Waals surface area contributed by atoms with E-state index in [1.165, 1.54) is 6.42 Å². The highest BCUT2D eigenvalue weighted by Gasteiger charge is 2.27. The van der Waals surface area contributed by atoms with Crippen molar-refractivity contribution in [2.45, 2.75) is 58.6 Å². The third-order valence-corrected chi connectivity index (χ3v) is 4.72. The van der Waals surface area contributed by atoms with Crippen LogP contribution in [0.5, 0.6) is 0 Å². The van der Waals surface area contributed by atoms with Crippen molar-refractivity contribution < 1.29 is 14.3 Å². The van der Waals surface area contributed by atoms with Crippen molar-refractivity contribution in [3.63, 3.8) is 0 Å². The smallest absolute Gasteiger partial charge is 0.320 e. The van der Waals surface area contributed by atoms with Crippen molar-refractivity contribution in [1.82, 2.24) is 14.7 Å². The van der Waals surface area contributed by atoms with Gasteiger partial charge in [0.1, 0.15) is 5.60 Å². The van der Waals surface area contributed by atoms with Crippen LogP contribution in [0.25, 0.3) is 0 Å². The van der Waals surface area contributed by atoms with Crippen molar-refractivity contribution in [2.24, 2.45) is 0 Å². The van der Waals surface area contributed by atoms with Gasteiger partial charge in [-0.2, -0.15) is 0 Å². The number of hydrogen-bond donors (Lipinski definition) is 0. The third-order valence-electron chi connectivity index (χ3n) is 4.72. The van der Waals surface area contributed by atoms with Gasteiger partial charge in [-0.25, -0.2) is 0 Å². The molecule has 6 heteroatoms. The molecule has 1 amide bonds. The van der Waals surface area contributed by atoms with E-state index in [-0.39, 0.29) is 11.9 Å². The molecule has 2 fully saturated rings. The minimum atomic E-state index is -0.434. The van der Waals surface area contributed by atoms with Gasteiger partial charge in [0.2, 0.25) is 5.91 Å². The predicted molar refractivity (Wildman–Crippen MR) is 93.8 cm³/mol. The fourth-order valence-electron chi connectivity index (χ4n) is 3.41. The van der Waals surface area contributed by atoms with Crippen LogP contribution in [0.4, 0.5) is 0 Å². The summed E-state index contributed by atoms with van der Waals surface area (Å²) in [5.41, 5.74) is -0.434. The van der Waals surface area contributed by atoms with Crippen LogP contribution < -0.4 is 0 Å². The van der Waals surface area contributed by atoms with E-state index in [1.807, 2.05) is 25.7 Å². The lowest BCUT2D eigenvalue weighted by Crippen LogP contribution is -2.53. The van der Waals surface area contributed by atoms with Crippen molar-refractivity contribution in [3.05, 3.63) is 0 Å². The Bertz CT molecular complexity index is 439. The molecule has 24 heavy (non-hydrogen) atoms. The van der Waals surface area contributed by atoms with Crippen molar-refractivity contribution in [2.75, 3.05) is 45.8 Å². The Morgan fingerprint density at radius 2 is 1.54 bits per heavy atom. The molecular formula is C18H33N3O3. The molecule has 2 aliphatic heterocycles. The number of piperidine rings is 1. The first kappa shape index (κ1) is 19.2. The number of nitrogens with zero attached hydrogens (tertiary/aromatic N) is 3. The second kappa shape index (κ2) is 8.30. The third kappa shape index (κ3) is 6.06. The van der Waals surface area contributed by atoms with Crippen LogP contribution >= 0.6 is 0 Å². The van der Waals surface area contributed by atoms with E-state index in [0.29, 0.717) is 19.1 Å². The number of carbonyl (C=O) groups is 2. The summed E-state index contributed by atoms with van der Waals surface area (Å²) in [6.45, 7) is 12.8. The van der Waals surface area contributed by atoms with Gasteiger partial charge in [-0.05, 0) is 47.0 Å². The first-order valence-corrected chi connectivity index (χ1v) is 9.20. The number of esters is 1. The topological polar surface area (TPSA) is 53.1 Å². The lowest BCUT2D eigenvalue weighted by Gasteiger charge is -2.38. The second-order valence-corrected chi connectivity index (χ2v) is 8.07. The molecule has 0 aromatic rings.